The zero-order chi connectivity index (χ0) is 25.3. The quantitative estimate of drug-likeness (QED) is 0.297. The Morgan fingerprint density at radius 3 is 2.78 bits per heavy atom. The number of nitrogens with zero attached hydrogens (tertiary/aromatic N) is 3. The zero-order valence-electron chi connectivity index (χ0n) is 19.9. The van der Waals surface area contributed by atoms with Crippen molar-refractivity contribution in [2.24, 2.45) is 5.92 Å². The minimum absolute atomic E-state index is 0.291. The van der Waals surface area contributed by atoms with Gasteiger partial charge in [-0.15, -0.1) is 0 Å². The maximum Gasteiger partial charge on any atom is 0.283 e. The number of carbonyl (C=O) groups excluding carboxylic acids is 2. The van der Waals surface area contributed by atoms with E-state index in [2.05, 4.69) is 25.5 Å². The number of halogens is 1. The molecule has 0 unspecified atom stereocenters. The summed E-state index contributed by atoms with van der Waals surface area (Å²) >= 11 is 7.11. The highest BCUT2D eigenvalue weighted by atomic mass is 35.5. The molecule has 1 aromatic carbocycles. The van der Waals surface area contributed by atoms with Gasteiger partial charge in [-0.1, -0.05) is 23.7 Å². The van der Waals surface area contributed by atoms with Gasteiger partial charge in [0.15, 0.2) is 6.29 Å². The molecule has 1 amide bonds. The van der Waals surface area contributed by atoms with E-state index in [1.807, 2.05) is 36.4 Å². The number of anilines is 1. The number of allylic oxidation sites excluding steroid dienone is 1. The topological polar surface area (TPSA) is 100 Å². The molecule has 36 heavy (non-hydrogen) atoms. The maximum atomic E-state index is 11.5. The lowest BCUT2D eigenvalue weighted by atomic mass is 9.97. The third-order valence-corrected chi connectivity index (χ3v) is 7.08. The van der Waals surface area contributed by atoms with Gasteiger partial charge in [0.05, 0.1) is 22.2 Å². The van der Waals surface area contributed by atoms with Gasteiger partial charge in [-0.25, -0.2) is 9.97 Å². The number of carbonyl (C=O) groups is 2. The van der Waals surface area contributed by atoms with Crippen molar-refractivity contribution >= 4 is 46.9 Å². The number of furan rings is 1. The largest absolute Gasteiger partial charge is 0.460 e. The van der Waals surface area contributed by atoms with Crippen LogP contribution >= 0.6 is 23.4 Å². The number of amides is 1. The van der Waals surface area contributed by atoms with E-state index < -0.39 is 0 Å². The summed E-state index contributed by atoms with van der Waals surface area (Å²) in [5, 5.41) is 6.37. The second-order valence-corrected chi connectivity index (χ2v) is 9.85. The average molecular weight is 526 g/mol. The number of nitrogens with one attached hydrogen (secondary N) is 2. The predicted octanol–water partition coefficient (Wildman–Crippen LogP) is 5.01. The molecule has 0 radical (unpaired) electrons. The lowest BCUT2D eigenvalue weighted by Crippen LogP contribution is -2.38. The minimum Gasteiger partial charge on any atom is -0.460 e. The smallest absolute Gasteiger partial charge is 0.283 e. The Labute approximate surface area is 219 Å². The van der Waals surface area contributed by atoms with Gasteiger partial charge in [0.25, 0.3) is 5.24 Å². The van der Waals surface area contributed by atoms with Crippen molar-refractivity contribution in [3.05, 3.63) is 70.0 Å². The van der Waals surface area contributed by atoms with Crippen LogP contribution in [0.2, 0.25) is 5.02 Å². The van der Waals surface area contributed by atoms with E-state index in [1.165, 1.54) is 7.05 Å². The number of thioether (sulfide) groups is 1. The van der Waals surface area contributed by atoms with Crippen molar-refractivity contribution < 1.29 is 14.0 Å². The van der Waals surface area contributed by atoms with Gasteiger partial charge >= 0.3 is 0 Å². The van der Waals surface area contributed by atoms with E-state index in [9.17, 15) is 9.59 Å². The second-order valence-electron chi connectivity index (χ2n) is 8.39. The number of aldehydes is 1. The molecular formula is C26H28ClN5O3S. The molecule has 2 N–H and O–H groups in total. The van der Waals surface area contributed by atoms with Crippen molar-refractivity contribution in [1.29, 1.82) is 0 Å². The molecule has 3 aromatic rings. The lowest BCUT2D eigenvalue weighted by Gasteiger charge is -2.32. The molecule has 0 aliphatic carbocycles. The van der Waals surface area contributed by atoms with Crippen molar-refractivity contribution in [2.75, 3.05) is 31.6 Å². The van der Waals surface area contributed by atoms with Crippen LogP contribution < -0.4 is 15.5 Å². The molecule has 1 aliphatic heterocycles. The average Bonchev–Trinajstić information content (AvgIpc) is 3.37. The summed E-state index contributed by atoms with van der Waals surface area (Å²) in [6.07, 6.45) is 5.97. The number of rotatable bonds is 9. The first-order valence-corrected chi connectivity index (χ1v) is 12.9. The molecule has 1 aliphatic rings. The van der Waals surface area contributed by atoms with E-state index in [-0.39, 0.29) is 5.24 Å². The number of hydrogen-bond donors (Lipinski definition) is 2. The molecular weight excluding hydrogens is 498 g/mol. The van der Waals surface area contributed by atoms with Crippen molar-refractivity contribution in [3.63, 3.8) is 0 Å². The predicted molar refractivity (Wildman–Crippen MR) is 144 cm³/mol. The molecule has 1 saturated heterocycles. The van der Waals surface area contributed by atoms with Crippen LogP contribution in [0.15, 0.2) is 58.0 Å². The molecule has 0 atom stereocenters. The van der Waals surface area contributed by atoms with E-state index >= 15 is 0 Å². The summed E-state index contributed by atoms with van der Waals surface area (Å²) in [5.41, 5.74) is 1.49. The lowest BCUT2D eigenvalue weighted by molar-refractivity contribution is -0.104. The van der Waals surface area contributed by atoms with Crippen LogP contribution in [0, 0.1) is 5.92 Å². The fourth-order valence-corrected chi connectivity index (χ4v) is 4.77. The SMILES string of the molecule is CNC(=O)S/C(C=O)=C\c1ccnc(N2CCC(CNCc3ccc(-c4ccccc4Cl)o3)CC2)n1. The van der Waals surface area contributed by atoms with E-state index in [4.69, 9.17) is 16.0 Å². The van der Waals surface area contributed by atoms with Crippen molar-refractivity contribution in [1.82, 2.24) is 20.6 Å². The molecule has 10 heteroatoms. The van der Waals surface area contributed by atoms with Crippen LogP contribution in [0.1, 0.15) is 24.3 Å². The Hall–Kier alpha value is -3.14. The van der Waals surface area contributed by atoms with Crippen LogP contribution in [-0.2, 0) is 11.3 Å². The molecule has 2 aromatic heterocycles. The molecule has 8 nitrogen and oxygen atoms in total. The fraction of sp³-hybridized carbons (Fsp3) is 0.308. The Bertz CT molecular complexity index is 1220. The van der Waals surface area contributed by atoms with Gasteiger partial charge in [0, 0.05) is 31.9 Å². The van der Waals surface area contributed by atoms with Crippen LogP contribution in [-0.4, -0.2) is 48.2 Å². The van der Waals surface area contributed by atoms with Crippen molar-refractivity contribution in [3.8, 4) is 11.3 Å². The third kappa shape index (κ3) is 6.96. The Balaban J connectivity index is 1.25. The highest BCUT2D eigenvalue weighted by Gasteiger charge is 2.21. The Kier molecular flexibility index (Phi) is 9.16. The fourth-order valence-electron chi connectivity index (χ4n) is 4.00. The molecule has 0 bridgehead atoms. The summed E-state index contributed by atoms with van der Waals surface area (Å²) in [6.45, 7) is 3.27. The maximum absolute atomic E-state index is 11.5. The van der Waals surface area contributed by atoms with E-state index in [0.717, 1.165) is 61.3 Å². The highest BCUT2D eigenvalue weighted by molar-refractivity contribution is 8.17. The monoisotopic (exact) mass is 525 g/mol. The summed E-state index contributed by atoms with van der Waals surface area (Å²) in [6, 6.07) is 13.3. The molecule has 1 fully saturated rings. The zero-order valence-corrected chi connectivity index (χ0v) is 21.5. The van der Waals surface area contributed by atoms with Gasteiger partial charge in [-0.3, -0.25) is 9.59 Å². The Morgan fingerprint density at radius 2 is 2.03 bits per heavy atom. The number of benzene rings is 1. The van der Waals surface area contributed by atoms with Crippen molar-refractivity contribution in [2.45, 2.75) is 19.4 Å². The van der Waals surface area contributed by atoms with E-state index in [1.54, 1.807) is 18.3 Å². The standard InChI is InChI=1S/C26H28ClN5O3S/c1-28-26(34)36-21(17-33)14-19-8-11-30-25(31-19)32-12-9-18(10-13-32)15-29-16-20-6-7-24(35-20)22-4-2-3-5-23(22)27/h2-8,11,14,17-18,29H,9-10,12-13,15-16H2,1H3,(H,28,34)/b21-14-. The van der Waals surface area contributed by atoms with Crippen LogP contribution in [0.3, 0.4) is 0 Å². The first kappa shape index (κ1) is 25.9. The van der Waals surface area contributed by atoms with Gasteiger partial charge in [0.2, 0.25) is 5.95 Å². The number of piperidine rings is 1. The number of hydrogen-bond acceptors (Lipinski definition) is 8. The minimum atomic E-state index is -0.300. The van der Waals surface area contributed by atoms with Crippen LogP contribution in [0.5, 0.6) is 0 Å². The summed E-state index contributed by atoms with van der Waals surface area (Å²) in [4.78, 5) is 34.3. The van der Waals surface area contributed by atoms with E-state index in [0.29, 0.717) is 40.3 Å². The molecule has 0 spiro atoms. The molecule has 188 valence electrons. The van der Waals surface area contributed by atoms with Crippen LogP contribution in [0.25, 0.3) is 17.4 Å². The first-order chi connectivity index (χ1) is 17.6. The highest BCUT2D eigenvalue weighted by Crippen LogP contribution is 2.29. The summed E-state index contributed by atoms with van der Waals surface area (Å²) in [7, 11) is 1.52. The molecule has 4 rings (SSSR count). The Morgan fingerprint density at radius 1 is 1.22 bits per heavy atom. The van der Waals surface area contributed by atoms with Gasteiger partial charge in [0.1, 0.15) is 11.5 Å². The summed E-state index contributed by atoms with van der Waals surface area (Å²) < 4.78 is 5.97. The molecule has 0 saturated carbocycles. The number of aromatic nitrogens is 2. The third-order valence-electron chi connectivity index (χ3n) is 5.92. The normalized spacial score (nSPS) is 14.6. The summed E-state index contributed by atoms with van der Waals surface area (Å²) in [5.74, 6) is 2.83. The van der Waals surface area contributed by atoms with Gasteiger partial charge in [-0.2, -0.15) is 0 Å². The van der Waals surface area contributed by atoms with Crippen LogP contribution in [0.4, 0.5) is 10.7 Å². The molecule has 3 heterocycles. The second kappa shape index (κ2) is 12.7. The van der Waals surface area contributed by atoms with Gasteiger partial charge in [-0.05, 0) is 73.5 Å². The van der Waals surface area contributed by atoms with Gasteiger partial charge < -0.3 is 20.0 Å². The first-order valence-electron chi connectivity index (χ1n) is 11.7.